The van der Waals surface area contributed by atoms with E-state index in [1.54, 1.807) is 7.05 Å². The Labute approximate surface area is 143 Å². The number of imide groups is 2. The predicted octanol–water partition coefficient (Wildman–Crippen LogP) is 1.44. The van der Waals surface area contributed by atoms with E-state index < -0.39 is 24.4 Å². The Kier molecular flexibility index (Phi) is 4.66. The van der Waals surface area contributed by atoms with Gasteiger partial charge in [-0.2, -0.15) is 11.3 Å². The fourth-order valence-electron chi connectivity index (χ4n) is 3.15. The van der Waals surface area contributed by atoms with Crippen LogP contribution in [0.5, 0.6) is 0 Å². The number of thiophene rings is 1. The molecule has 3 rings (SSSR count). The zero-order valence-electron chi connectivity index (χ0n) is 13.4. The van der Waals surface area contributed by atoms with E-state index in [0.717, 1.165) is 41.0 Å². The summed E-state index contributed by atoms with van der Waals surface area (Å²) >= 11 is 1.53. The third-order valence-corrected chi connectivity index (χ3v) is 5.22. The molecule has 5 amide bonds. The first-order valence-electron chi connectivity index (χ1n) is 7.93. The highest BCUT2D eigenvalue weighted by molar-refractivity contribution is 7.07. The number of urea groups is 1. The highest BCUT2D eigenvalue weighted by Gasteiger charge is 2.48. The average molecular weight is 349 g/mol. The highest BCUT2D eigenvalue weighted by atomic mass is 32.1. The van der Waals surface area contributed by atoms with Crippen molar-refractivity contribution >= 4 is 35.1 Å². The Balaban J connectivity index is 1.65. The molecule has 0 aromatic carbocycles. The van der Waals surface area contributed by atoms with E-state index in [1.807, 2.05) is 16.8 Å². The summed E-state index contributed by atoms with van der Waals surface area (Å²) in [6.07, 6.45) is 3.34. The maximum atomic E-state index is 12.4. The molecule has 0 spiro atoms. The molecule has 1 aromatic heterocycles. The van der Waals surface area contributed by atoms with Gasteiger partial charge in [0.05, 0.1) is 0 Å². The van der Waals surface area contributed by atoms with Crippen LogP contribution in [-0.4, -0.2) is 58.1 Å². The number of likely N-dealkylation sites (N-methyl/N-ethyl adjacent to an activating group) is 1. The van der Waals surface area contributed by atoms with E-state index >= 15 is 0 Å². The third kappa shape index (κ3) is 3.06. The molecular weight excluding hydrogens is 330 g/mol. The van der Waals surface area contributed by atoms with Gasteiger partial charge < -0.3 is 4.90 Å². The van der Waals surface area contributed by atoms with Crippen molar-refractivity contribution in [2.45, 2.75) is 38.3 Å². The maximum absolute atomic E-state index is 12.4. The van der Waals surface area contributed by atoms with Gasteiger partial charge in [0.2, 0.25) is 5.91 Å². The molecule has 0 radical (unpaired) electrons. The Morgan fingerprint density at radius 3 is 2.58 bits per heavy atom. The van der Waals surface area contributed by atoms with E-state index in [9.17, 15) is 19.2 Å². The summed E-state index contributed by atoms with van der Waals surface area (Å²) < 4.78 is 0. The second-order valence-corrected chi connectivity index (χ2v) is 6.95. The van der Waals surface area contributed by atoms with Crippen LogP contribution in [-0.2, 0) is 20.9 Å². The van der Waals surface area contributed by atoms with Gasteiger partial charge in [-0.1, -0.05) is 12.8 Å². The van der Waals surface area contributed by atoms with Crippen LogP contribution in [0, 0.1) is 0 Å². The molecule has 128 valence electrons. The highest BCUT2D eigenvalue weighted by Crippen LogP contribution is 2.27. The van der Waals surface area contributed by atoms with Crippen LogP contribution in [0.3, 0.4) is 0 Å². The fourth-order valence-corrected chi connectivity index (χ4v) is 3.81. The molecule has 0 atom stereocenters. The lowest BCUT2D eigenvalue weighted by Crippen LogP contribution is -2.43. The first kappa shape index (κ1) is 16.6. The molecule has 0 N–H and O–H groups in total. The predicted molar refractivity (Wildman–Crippen MR) is 87.0 cm³/mol. The molecule has 8 heteroatoms. The lowest BCUT2D eigenvalue weighted by Gasteiger charge is -2.22. The molecule has 1 aliphatic carbocycles. The van der Waals surface area contributed by atoms with Gasteiger partial charge in [-0.3, -0.25) is 19.3 Å². The van der Waals surface area contributed by atoms with Crippen molar-refractivity contribution in [2.75, 3.05) is 13.6 Å². The summed E-state index contributed by atoms with van der Waals surface area (Å²) in [5.74, 6) is -2.08. The lowest BCUT2D eigenvalue weighted by molar-refractivity contribution is -0.145. The molecule has 1 saturated heterocycles. The molecule has 7 nitrogen and oxygen atoms in total. The number of hydrogen-bond acceptors (Lipinski definition) is 5. The van der Waals surface area contributed by atoms with Crippen LogP contribution in [0.25, 0.3) is 0 Å². The molecule has 0 bridgehead atoms. The second-order valence-electron chi connectivity index (χ2n) is 6.17. The fraction of sp³-hybridized carbons (Fsp3) is 0.500. The van der Waals surface area contributed by atoms with Crippen molar-refractivity contribution in [1.82, 2.24) is 14.7 Å². The van der Waals surface area contributed by atoms with Crippen molar-refractivity contribution < 1.29 is 19.2 Å². The van der Waals surface area contributed by atoms with Gasteiger partial charge in [0, 0.05) is 19.6 Å². The van der Waals surface area contributed by atoms with Crippen molar-refractivity contribution in [3.8, 4) is 0 Å². The summed E-state index contributed by atoms with van der Waals surface area (Å²) in [7, 11) is 1.61. The summed E-state index contributed by atoms with van der Waals surface area (Å²) in [5, 5.41) is 3.85. The number of carbonyl (C=O) groups is 4. The van der Waals surface area contributed by atoms with E-state index in [-0.39, 0.29) is 11.9 Å². The Morgan fingerprint density at radius 2 is 1.96 bits per heavy atom. The normalized spacial score (nSPS) is 18.8. The number of nitrogens with zero attached hydrogens (tertiary/aromatic N) is 3. The smallest absolute Gasteiger partial charge is 0.334 e. The van der Waals surface area contributed by atoms with E-state index in [0.29, 0.717) is 6.54 Å². The molecule has 0 unspecified atom stereocenters. The monoisotopic (exact) mass is 349 g/mol. The topological polar surface area (TPSA) is 78.0 Å². The lowest BCUT2D eigenvalue weighted by atomic mass is 10.2. The van der Waals surface area contributed by atoms with Crippen LogP contribution in [0.15, 0.2) is 16.8 Å². The number of carbonyl (C=O) groups excluding carboxylic acids is 4. The van der Waals surface area contributed by atoms with E-state index in [1.165, 1.54) is 16.2 Å². The molecule has 2 heterocycles. The second kappa shape index (κ2) is 6.72. The standard InChI is InChI=1S/C16H19N3O4S/c1-17(8-11-6-7-24-10-11)13(20)9-18-14(21)15(22)19(16(18)23)12-4-2-3-5-12/h6-7,10,12H,2-5,8-9H2,1H3. The Hall–Kier alpha value is -2.22. The summed E-state index contributed by atoms with van der Waals surface area (Å²) in [4.78, 5) is 52.2. The zero-order chi connectivity index (χ0) is 17.3. The molecule has 2 aliphatic rings. The number of rotatable bonds is 5. The van der Waals surface area contributed by atoms with E-state index in [4.69, 9.17) is 0 Å². The summed E-state index contributed by atoms with van der Waals surface area (Å²) in [6.45, 7) is 0.00606. The van der Waals surface area contributed by atoms with Gasteiger partial charge in [-0.05, 0) is 35.2 Å². The van der Waals surface area contributed by atoms with Gasteiger partial charge in [0.1, 0.15) is 6.54 Å². The van der Waals surface area contributed by atoms with Crippen molar-refractivity contribution in [3.05, 3.63) is 22.4 Å². The molecule has 1 aromatic rings. The van der Waals surface area contributed by atoms with Crippen LogP contribution in [0.2, 0.25) is 0 Å². The van der Waals surface area contributed by atoms with Crippen LogP contribution in [0.4, 0.5) is 4.79 Å². The van der Waals surface area contributed by atoms with Gasteiger partial charge in [0.15, 0.2) is 0 Å². The van der Waals surface area contributed by atoms with Gasteiger partial charge >= 0.3 is 17.8 Å². The molecule has 2 fully saturated rings. The van der Waals surface area contributed by atoms with Crippen LogP contribution >= 0.6 is 11.3 Å². The minimum absolute atomic E-state index is 0.211. The minimum atomic E-state index is -0.899. The molecular formula is C16H19N3O4S. The van der Waals surface area contributed by atoms with Crippen molar-refractivity contribution in [3.63, 3.8) is 0 Å². The van der Waals surface area contributed by atoms with Gasteiger partial charge in [0.25, 0.3) is 0 Å². The minimum Gasteiger partial charge on any atom is -0.340 e. The maximum Gasteiger partial charge on any atom is 0.334 e. The Morgan fingerprint density at radius 1 is 1.25 bits per heavy atom. The summed E-state index contributed by atoms with van der Waals surface area (Å²) in [5.41, 5.74) is 0.985. The molecule has 1 aliphatic heterocycles. The van der Waals surface area contributed by atoms with Crippen LogP contribution < -0.4 is 0 Å². The number of amides is 5. The van der Waals surface area contributed by atoms with Gasteiger partial charge in [-0.15, -0.1) is 0 Å². The quantitative estimate of drug-likeness (QED) is 0.595. The molecule has 24 heavy (non-hydrogen) atoms. The van der Waals surface area contributed by atoms with Crippen molar-refractivity contribution in [2.24, 2.45) is 0 Å². The third-order valence-electron chi connectivity index (χ3n) is 4.49. The summed E-state index contributed by atoms with van der Waals surface area (Å²) in [6, 6.07) is 1.04. The SMILES string of the molecule is CN(Cc1ccsc1)C(=O)CN1C(=O)C(=O)N(C2CCCC2)C1=O. The zero-order valence-corrected chi connectivity index (χ0v) is 14.3. The largest absolute Gasteiger partial charge is 0.340 e. The van der Waals surface area contributed by atoms with E-state index in [2.05, 4.69) is 0 Å². The van der Waals surface area contributed by atoms with Crippen molar-refractivity contribution in [1.29, 1.82) is 0 Å². The molecule has 1 saturated carbocycles. The average Bonchev–Trinajstić information content (AvgIpc) is 3.28. The van der Waals surface area contributed by atoms with Crippen LogP contribution in [0.1, 0.15) is 31.2 Å². The Bertz CT molecular complexity index is 667. The number of hydrogen-bond donors (Lipinski definition) is 0. The first-order chi connectivity index (χ1) is 11.5. The van der Waals surface area contributed by atoms with Gasteiger partial charge in [-0.25, -0.2) is 9.69 Å². The first-order valence-corrected chi connectivity index (χ1v) is 8.87.